The van der Waals surface area contributed by atoms with Crippen LogP contribution >= 0.6 is 23.2 Å². The summed E-state index contributed by atoms with van der Waals surface area (Å²) in [7, 11) is 0. The Bertz CT molecular complexity index is 703. The molecule has 1 aliphatic heterocycles. The number of amides is 1. The lowest BCUT2D eigenvalue weighted by Crippen LogP contribution is -2.35. The van der Waals surface area contributed by atoms with E-state index < -0.39 is 0 Å². The molecule has 1 fully saturated rings. The Morgan fingerprint density at radius 2 is 1.82 bits per heavy atom. The number of furan rings is 1. The lowest BCUT2D eigenvalue weighted by atomic mass is 10.1. The van der Waals surface area contributed by atoms with Gasteiger partial charge in [0, 0.05) is 18.7 Å². The molecule has 0 atom stereocenters. The third-order valence-corrected chi connectivity index (χ3v) is 4.73. The molecule has 0 aliphatic carbocycles. The average Bonchev–Trinajstić information content (AvgIpc) is 2.92. The van der Waals surface area contributed by atoms with E-state index in [9.17, 15) is 4.79 Å². The zero-order valence-electron chi connectivity index (χ0n) is 12.4. The number of rotatable bonds is 2. The maximum Gasteiger partial charge on any atom is 0.257 e. The van der Waals surface area contributed by atoms with Crippen molar-refractivity contribution in [1.82, 2.24) is 4.90 Å². The Morgan fingerprint density at radius 1 is 1.09 bits per heavy atom. The van der Waals surface area contributed by atoms with Gasteiger partial charge in [-0.05, 0) is 50.5 Å². The van der Waals surface area contributed by atoms with Crippen LogP contribution in [-0.2, 0) is 0 Å². The first-order valence-electron chi connectivity index (χ1n) is 7.41. The fourth-order valence-electron chi connectivity index (χ4n) is 2.75. The number of piperidine rings is 1. The summed E-state index contributed by atoms with van der Waals surface area (Å²) >= 11 is 12.0. The lowest BCUT2D eigenvalue weighted by Gasteiger charge is -2.26. The molecule has 2 heterocycles. The van der Waals surface area contributed by atoms with Crippen LogP contribution in [0, 0.1) is 6.92 Å². The van der Waals surface area contributed by atoms with Gasteiger partial charge in [0.2, 0.25) is 0 Å². The highest BCUT2D eigenvalue weighted by atomic mass is 35.5. The first-order chi connectivity index (χ1) is 10.6. The number of hydrogen-bond acceptors (Lipinski definition) is 2. The van der Waals surface area contributed by atoms with Crippen LogP contribution in [0.1, 0.15) is 35.4 Å². The van der Waals surface area contributed by atoms with E-state index >= 15 is 0 Å². The molecule has 0 radical (unpaired) electrons. The van der Waals surface area contributed by atoms with Gasteiger partial charge in [0.15, 0.2) is 0 Å². The first-order valence-corrected chi connectivity index (χ1v) is 8.17. The second-order valence-electron chi connectivity index (χ2n) is 5.56. The third-order valence-electron chi connectivity index (χ3n) is 4.00. The summed E-state index contributed by atoms with van der Waals surface area (Å²) in [6.45, 7) is 3.47. The highest BCUT2D eigenvalue weighted by molar-refractivity contribution is 6.42. The van der Waals surface area contributed by atoms with Crippen molar-refractivity contribution >= 4 is 29.1 Å². The van der Waals surface area contributed by atoms with Crippen molar-refractivity contribution in [3.63, 3.8) is 0 Å². The smallest absolute Gasteiger partial charge is 0.257 e. The van der Waals surface area contributed by atoms with Gasteiger partial charge in [-0.2, -0.15) is 0 Å². The molecule has 1 aromatic heterocycles. The van der Waals surface area contributed by atoms with Gasteiger partial charge in [0.1, 0.15) is 11.5 Å². The zero-order chi connectivity index (χ0) is 15.7. The number of halogens is 2. The summed E-state index contributed by atoms with van der Waals surface area (Å²) in [4.78, 5) is 14.5. The summed E-state index contributed by atoms with van der Waals surface area (Å²) in [5.74, 6) is 1.32. The van der Waals surface area contributed by atoms with E-state index in [1.807, 2.05) is 17.9 Å². The molecular formula is C17H17Cl2NO2. The molecule has 1 saturated heterocycles. The highest BCUT2D eigenvalue weighted by Gasteiger charge is 2.23. The van der Waals surface area contributed by atoms with E-state index in [1.165, 1.54) is 6.42 Å². The Labute approximate surface area is 139 Å². The van der Waals surface area contributed by atoms with Crippen molar-refractivity contribution in [3.05, 3.63) is 45.6 Å². The van der Waals surface area contributed by atoms with E-state index in [1.54, 1.807) is 18.2 Å². The number of carbonyl (C=O) groups is 1. The summed E-state index contributed by atoms with van der Waals surface area (Å²) in [6.07, 6.45) is 3.34. The molecule has 0 saturated carbocycles. The largest absolute Gasteiger partial charge is 0.461 e. The van der Waals surface area contributed by atoms with Crippen molar-refractivity contribution in [2.24, 2.45) is 0 Å². The molecule has 116 valence electrons. The summed E-state index contributed by atoms with van der Waals surface area (Å²) in [5, 5.41) is 0.968. The Hall–Kier alpha value is -1.45. The van der Waals surface area contributed by atoms with Crippen LogP contribution in [0.25, 0.3) is 11.3 Å². The molecule has 0 spiro atoms. The lowest BCUT2D eigenvalue weighted by molar-refractivity contribution is 0.0722. The molecule has 1 aromatic carbocycles. The first kappa shape index (κ1) is 15.4. The van der Waals surface area contributed by atoms with Crippen molar-refractivity contribution < 1.29 is 9.21 Å². The Morgan fingerprint density at radius 3 is 2.50 bits per heavy atom. The minimum Gasteiger partial charge on any atom is -0.461 e. The number of benzene rings is 1. The number of aryl methyl sites for hydroxylation is 1. The molecule has 0 bridgehead atoms. The molecular weight excluding hydrogens is 321 g/mol. The minimum absolute atomic E-state index is 0.0484. The second kappa shape index (κ2) is 6.35. The highest BCUT2D eigenvalue weighted by Crippen LogP contribution is 2.31. The van der Waals surface area contributed by atoms with Crippen LogP contribution in [0.15, 0.2) is 28.7 Å². The van der Waals surface area contributed by atoms with Gasteiger partial charge >= 0.3 is 0 Å². The standard InChI is InChI=1S/C17H17Cl2NO2/c1-11-13(17(21)20-7-3-2-4-8-20)10-16(22-11)12-5-6-14(18)15(19)9-12/h5-6,9-10H,2-4,7-8H2,1H3. The third kappa shape index (κ3) is 3.01. The molecule has 2 aromatic rings. The molecule has 3 rings (SSSR count). The van der Waals surface area contributed by atoms with Crippen LogP contribution in [0.4, 0.5) is 0 Å². The van der Waals surface area contributed by atoms with Gasteiger partial charge in [-0.3, -0.25) is 4.79 Å². The SMILES string of the molecule is Cc1oc(-c2ccc(Cl)c(Cl)c2)cc1C(=O)N1CCCCC1. The number of nitrogens with zero attached hydrogens (tertiary/aromatic N) is 1. The van der Waals surface area contributed by atoms with Gasteiger partial charge < -0.3 is 9.32 Å². The fourth-order valence-corrected chi connectivity index (χ4v) is 3.05. The minimum atomic E-state index is 0.0484. The summed E-state index contributed by atoms with van der Waals surface area (Å²) in [6, 6.07) is 7.11. The van der Waals surface area contributed by atoms with Crippen LogP contribution in [0.3, 0.4) is 0 Å². The van der Waals surface area contributed by atoms with Crippen molar-refractivity contribution in [2.45, 2.75) is 26.2 Å². The van der Waals surface area contributed by atoms with Gasteiger partial charge in [0.05, 0.1) is 15.6 Å². The summed E-state index contributed by atoms with van der Waals surface area (Å²) in [5.41, 5.74) is 1.44. The van der Waals surface area contributed by atoms with E-state index in [2.05, 4.69) is 0 Å². The zero-order valence-corrected chi connectivity index (χ0v) is 13.9. The van der Waals surface area contributed by atoms with E-state index in [-0.39, 0.29) is 5.91 Å². The van der Waals surface area contributed by atoms with E-state index in [4.69, 9.17) is 27.6 Å². The average molecular weight is 338 g/mol. The van der Waals surface area contributed by atoms with Crippen molar-refractivity contribution in [1.29, 1.82) is 0 Å². The van der Waals surface area contributed by atoms with E-state index in [0.717, 1.165) is 31.5 Å². The fraction of sp³-hybridized carbons (Fsp3) is 0.353. The summed E-state index contributed by atoms with van der Waals surface area (Å²) < 4.78 is 5.76. The van der Waals surface area contributed by atoms with Crippen LogP contribution in [0.5, 0.6) is 0 Å². The normalized spacial score (nSPS) is 15.1. The quantitative estimate of drug-likeness (QED) is 0.755. The van der Waals surface area contributed by atoms with Crippen LogP contribution in [0.2, 0.25) is 10.0 Å². The molecule has 1 amide bonds. The molecule has 0 N–H and O–H groups in total. The number of likely N-dealkylation sites (tertiary alicyclic amines) is 1. The predicted molar refractivity (Wildman–Crippen MR) is 88.7 cm³/mol. The van der Waals surface area contributed by atoms with Crippen molar-refractivity contribution in [2.75, 3.05) is 13.1 Å². The predicted octanol–water partition coefficient (Wildman–Crippen LogP) is 5.19. The second-order valence-corrected chi connectivity index (χ2v) is 6.38. The molecule has 0 unspecified atom stereocenters. The molecule has 3 nitrogen and oxygen atoms in total. The molecule has 1 aliphatic rings. The number of carbonyl (C=O) groups excluding carboxylic acids is 1. The van der Waals surface area contributed by atoms with Crippen molar-refractivity contribution in [3.8, 4) is 11.3 Å². The van der Waals surface area contributed by atoms with Gasteiger partial charge in [-0.15, -0.1) is 0 Å². The maximum absolute atomic E-state index is 12.6. The topological polar surface area (TPSA) is 33.5 Å². The van der Waals surface area contributed by atoms with Crippen LogP contribution in [-0.4, -0.2) is 23.9 Å². The molecule has 5 heteroatoms. The van der Waals surface area contributed by atoms with Gasteiger partial charge in [0.25, 0.3) is 5.91 Å². The Kier molecular flexibility index (Phi) is 4.46. The maximum atomic E-state index is 12.6. The van der Waals surface area contributed by atoms with Gasteiger partial charge in [-0.1, -0.05) is 23.2 Å². The monoisotopic (exact) mass is 337 g/mol. The number of hydrogen-bond donors (Lipinski definition) is 0. The van der Waals surface area contributed by atoms with E-state index in [0.29, 0.717) is 27.1 Å². The van der Waals surface area contributed by atoms with Crippen LogP contribution < -0.4 is 0 Å². The Balaban J connectivity index is 1.89. The molecule has 22 heavy (non-hydrogen) atoms. The van der Waals surface area contributed by atoms with Gasteiger partial charge in [-0.25, -0.2) is 0 Å².